The molecule has 0 amide bonds. The summed E-state index contributed by atoms with van der Waals surface area (Å²) in [6.07, 6.45) is 72.2. The molecule has 0 aromatic heterocycles. The summed E-state index contributed by atoms with van der Waals surface area (Å²) in [5.41, 5.74) is 0. The van der Waals surface area contributed by atoms with E-state index in [0.29, 0.717) is 25.7 Å². The molecule has 0 aliphatic heterocycles. The molecule has 636 valence electrons. The number of aliphatic hydroxyl groups excluding tert-OH is 1. The van der Waals surface area contributed by atoms with Crippen LogP contribution >= 0.6 is 15.6 Å². The Labute approximate surface area is 658 Å². The van der Waals surface area contributed by atoms with E-state index in [1.54, 1.807) is 0 Å². The normalized spacial score (nSPS) is 14.0. The van der Waals surface area contributed by atoms with Crippen molar-refractivity contribution in [2.75, 3.05) is 39.6 Å². The molecule has 0 aromatic carbocycles. The average molecular weight is 1560 g/mol. The average Bonchev–Trinajstić information content (AvgIpc) is 0.904. The first-order chi connectivity index (χ1) is 51.9. The Balaban J connectivity index is 5.24. The number of hydrogen-bond acceptors (Lipinski definition) is 15. The molecule has 17 nitrogen and oxygen atoms in total. The van der Waals surface area contributed by atoms with E-state index in [1.165, 1.54) is 289 Å². The summed E-state index contributed by atoms with van der Waals surface area (Å²) in [4.78, 5) is 73.3. The van der Waals surface area contributed by atoms with E-state index < -0.39 is 97.5 Å². The monoisotopic (exact) mass is 1560 g/mol. The Morgan fingerprint density at radius 2 is 0.477 bits per heavy atom. The van der Waals surface area contributed by atoms with Gasteiger partial charge in [-0.05, 0) is 37.5 Å². The number of phosphoric acid groups is 2. The van der Waals surface area contributed by atoms with Crippen LogP contribution in [-0.4, -0.2) is 96.7 Å². The molecule has 107 heavy (non-hydrogen) atoms. The number of phosphoric ester groups is 2. The van der Waals surface area contributed by atoms with Gasteiger partial charge in [0.25, 0.3) is 0 Å². The van der Waals surface area contributed by atoms with Gasteiger partial charge in [-0.25, -0.2) is 9.13 Å². The molecule has 0 aromatic rings. The van der Waals surface area contributed by atoms with Gasteiger partial charge in [0.1, 0.15) is 19.3 Å². The molecule has 0 saturated carbocycles. The molecule has 0 saturated heterocycles. The van der Waals surface area contributed by atoms with Gasteiger partial charge in [-0.3, -0.25) is 37.3 Å². The summed E-state index contributed by atoms with van der Waals surface area (Å²) in [7, 11) is -9.93. The summed E-state index contributed by atoms with van der Waals surface area (Å²) >= 11 is 0. The van der Waals surface area contributed by atoms with Crippen molar-refractivity contribution in [3.63, 3.8) is 0 Å². The van der Waals surface area contributed by atoms with Gasteiger partial charge in [-0.2, -0.15) is 0 Å². The van der Waals surface area contributed by atoms with Crippen molar-refractivity contribution in [1.29, 1.82) is 0 Å². The van der Waals surface area contributed by atoms with Crippen molar-refractivity contribution in [3.8, 4) is 0 Å². The van der Waals surface area contributed by atoms with Crippen LogP contribution in [0.5, 0.6) is 0 Å². The highest BCUT2D eigenvalue weighted by molar-refractivity contribution is 7.47. The third-order valence-corrected chi connectivity index (χ3v) is 23.0. The molecule has 0 spiro atoms. The number of carbonyl (C=O) groups is 4. The van der Waals surface area contributed by atoms with Gasteiger partial charge >= 0.3 is 39.5 Å². The predicted molar refractivity (Wildman–Crippen MR) is 442 cm³/mol. The summed E-state index contributed by atoms with van der Waals surface area (Å²) in [5, 5.41) is 10.7. The SMILES string of the molecule is CCCCCCCCCCCCCCCCCCCCCCCCC(=O)O[C@H](COC(=O)CCCCCCCCCCCCCCCCCC(C)C)COP(=O)(O)OC[C@@H](O)COP(=O)(O)OC[C@@H](COC(=O)CCCCCCCCCCC(C)CC)OC(=O)CCCCCCCCCCCCCCCCC. The first-order valence-corrected chi connectivity index (χ1v) is 48.5. The Morgan fingerprint density at radius 3 is 0.710 bits per heavy atom. The zero-order valence-corrected chi connectivity index (χ0v) is 72.2. The van der Waals surface area contributed by atoms with Gasteiger partial charge in [-0.15, -0.1) is 0 Å². The number of ether oxygens (including phenoxy) is 4. The number of unbranched alkanes of at least 4 members (excludes halogenated alkanes) is 56. The molecular weight excluding hydrogens is 1390 g/mol. The fraction of sp³-hybridized carbons (Fsp3) is 0.955. The molecule has 0 fully saturated rings. The third-order valence-electron chi connectivity index (χ3n) is 21.1. The lowest BCUT2D eigenvalue weighted by Gasteiger charge is -2.21. The highest BCUT2D eigenvalue weighted by atomic mass is 31.2. The van der Waals surface area contributed by atoms with Crippen molar-refractivity contribution >= 4 is 39.5 Å². The maximum absolute atomic E-state index is 13.2. The number of carbonyl (C=O) groups excluding carboxylic acids is 4. The van der Waals surface area contributed by atoms with Crippen LogP contribution in [0.3, 0.4) is 0 Å². The number of esters is 4. The van der Waals surface area contributed by atoms with E-state index in [2.05, 4.69) is 41.5 Å². The second-order valence-electron chi connectivity index (χ2n) is 32.4. The minimum absolute atomic E-state index is 0.108. The lowest BCUT2D eigenvalue weighted by molar-refractivity contribution is -0.161. The number of rotatable bonds is 87. The molecule has 19 heteroatoms. The zero-order valence-electron chi connectivity index (χ0n) is 70.5. The van der Waals surface area contributed by atoms with Gasteiger partial charge in [0.15, 0.2) is 12.2 Å². The molecule has 0 aliphatic rings. The van der Waals surface area contributed by atoms with Gasteiger partial charge in [0.05, 0.1) is 26.4 Å². The topological polar surface area (TPSA) is 237 Å². The van der Waals surface area contributed by atoms with Crippen LogP contribution in [0.4, 0.5) is 0 Å². The Morgan fingerprint density at radius 1 is 0.271 bits per heavy atom. The lowest BCUT2D eigenvalue weighted by Crippen LogP contribution is -2.30. The van der Waals surface area contributed by atoms with Crippen molar-refractivity contribution in [2.24, 2.45) is 11.8 Å². The molecule has 0 bridgehead atoms. The standard InChI is InChI=1S/C88H172O17P2/c1-7-10-12-14-16-18-20-22-24-25-26-27-28-29-30-34-39-43-47-55-61-67-73-87(92)104-83(76-98-85(90)70-64-58-52-45-41-37-35-31-33-36-40-44-50-56-62-68-80(4)5)78-102-106(94,95)100-74-82(89)75-101-107(96,97)103-79-84(77-99-86(91)71-65-59-53-49-48-51-57-63-69-81(6)9-3)105-88(93)72-66-60-54-46-42-38-32-23-21-19-17-15-13-11-8-2/h80-84,89H,7-79H2,1-6H3,(H,94,95)(H,96,97)/t81?,82-,83-,84-/m1/s1. The molecule has 0 heterocycles. The second kappa shape index (κ2) is 79.3. The number of aliphatic hydroxyl groups is 1. The van der Waals surface area contributed by atoms with Crippen LogP contribution in [0, 0.1) is 11.8 Å². The molecule has 0 aliphatic carbocycles. The first kappa shape index (κ1) is 105. The van der Waals surface area contributed by atoms with E-state index in [1.807, 2.05) is 0 Å². The molecule has 0 radical (unpaired) electrons. The Hall–Kier alpha value is -1.94. The summed E-state index contributed by atoms with van der Waals surface area (Å²) in [6, 6.07) is 0. The maximum Gasteiger partial charge on any atom is 0.472 e. The molecule has 0 rings (SSSR count). The maximum atomic E-state index is 13.2. The van der Waals surface area contributed by atoms with Crippen LogP contribution in [-0.2, 0) is 65.4 Å². The highest BCUT2D eigenvalue weighted by Gasteiger charge is 2.31. The Bertz CT molecular complexity index is 2050. The smallest absolute Gasteiger partial charge is 0.462 e. The minimum atomic E-state index is -4.97. The van der Waals surface area contributed by atoms with Crippen molar-refractivity contribution in [1.82, 2.24) is 0 Å². The summed E-state index contributed by atoms with van der Waals surface area (Å²) in [5.74, 6) is -0.516. The zero-order chi connectivity index (χ0) is 78.5. The van der Waals surface area contributed by atoms with Crippen LogP contribution in [0.25, 0.3) is 0 Å². The van der Waals surface area contributed by atoms with E-state index in [4.69, 9.17) is 37.0 Å². The van der Waals surface area contributed by atoms with Crippen LogP contribution in [0.15, 0.2) is 0 Å². The van der Waals surface area contributed by atoms with Crippen LogP contribution < -0.4 is 0 Å². The second-order valence-corrected chi connectivity index (χ2v) is 35.3. The van der Waals surface area contributed by atoms with E-state index >= 15 is 0 Å². The van der Waals surface area contributed by atoms with Gasteiger partial charge in [-0.1, -0.05) is 420 Å². The fourth-order valence-corrected chi connectivity index (χ4v) is 15.3. The minimum Gasteiger partial charge on any atom is -0.462 e. The van der Waals surface area contributed by atoms with Crippen LogP contribution in [0.2, 0.25) is 0 Å². The first-order valence-electron chi connectivity index (χ1n) is 45.5. The van der Waals surface area contributed by atoms with Crippen molar-refractivity contribution < 1.29 is 80.2 Å². The molecule has 3 N–H and O–H groups in total. The third kappa shape index (κ3) is 80.5. The van der Waals surface area contributed by atoms with Gasteiger partial charge in [0.2, 0.25) is 0 Å². The van der Waals surface area contributed by atoms with E-state index in [-0.39, 0.29) is 25.7 Å². The summed E-state index contributed by atoms with van der Waals surface area (Å²) < 4.78 is 69.0. The fourth-order valence-electron chi connectivity index (χ4n) is 13.7. The predicted octanol–water partition coefficient (Wildman–Crippen LogP) is 27.0. The Kier molecular flexibility index (Phi) is 77.9. The van der Waals surface area contributed by atoms with Gasteiger partial charge in [0, 0.05) is 25.7 Å². The van der Waals surface area contributed by atoms with Crippen molar-refractivity contribution in [2.45, 2.75) is 490 Å². The van der Waals surface area contributed by atoms with E-state index in [9.17, 15) is 43.2 Å². The number of hydrogen-bond donors (Lipinski definition) is 3. The van der Waals surface area contributed by atoms with Crippen molar-refractivity contribution in [3.05, 3.63) is 0 Å². The highest BCUT2D eigenvalue weighted by Crippen LogP contribution is 2.45. The van der Waals surface area contributed by atoms with E-state index in [0.717, 1.165) is 102 Å². The molecule has 3 unspecified atom stereocenters. The summed E-state index contributed by atoms with van der Waals surface area (Å²) in [6.45, 7) is 9.71. The van der Waals surface area contributed by atoms with Crippen LogP contribution in [0.1, 0.15) is 472 Å². The van der Waals surface area contributed by atoms with Gasteiger partial charge < -0.3 is 33.8 Å². The lowest BCUT2D eigenvalue weighted by atomic mass is 9.99. The molecular formula is C88H172O17P2. The molecule has 6 atom stereocenters. The largest absolute Gasteiger partial charge is 0.472 e. The quantitative estimate of drug-likeness (QED) is 0.0222.